The molecule has 4 heteroatoms. The van der Waals surface area contributed by atoms with Crippen LogP contribution in [-0.4, -0.2) is 28.0 Å². The van der Waals surface area contributed by atoms with Gasteiger partial charge in [-0.1, -0.05) is 0 Å². The van der Waals surface area contributed by atoms with E-state index in [1.165, 1.54) is 0 Å². The molecule has 0 unspecified atom stereocenters. The monoisotopic (exact) mass is 168 g/mol. The van der Waals surface area contributed by atoms with E-state index in [1.54, 1.807) is 0 Å². The normalized spacial score (nSPS) is 12.0. The average Bonchev–Trinajstić information content (AvgIpc) is 1.88. The van der Waals surface area contributed by atoms with Gasteiger partial charge in [0.2, 0.25) is 0 Å². The molecule has 0 spiro atoms. The van der Waals surface area contributed by atoms with Crippen LogP contribution in [0.15, 0.2) is 0 Å². The van der Waals surface area contributed by atoms with Crippen molar-refractivity contribution in [2.24, 2.45) is 0 Å². The molecular weight excluding hydrogens is 156 g/mol. The van der Waals surface area contributed by atoms with Crippen molar-refractivity contribution in [2.45, 2.75) is 19.8 Å². The summed E-state index contributed by atoms with van der Waals surface area (Å²) >= 11 is 5.61. The van der Waals surface area contributed by atoms with Gasteiger partial charge >= 0.3 is 0 Å². The molecule has 0 aliphatic heterocycles. The van der Waals surface area contributed by atoms with Crippen LogP contribution in [0.2, 0.25) is 0 Å². The highest BCUT2D eigenvalue weighted by molar-refractivity contribution is 6.94. The fourth-order valence-electron chi connectivity index (χ4n) is 0.509. The van der Waals surface area contributed by atoms with E-state index in [9.17, 15) is 0 Å². The molecule has 0 saturated carbocycles. The van der Waals surface area contributed by atoms with Crippen LogP contribution in [0.4, 0.5) is 0 Å². The van der Waals surface area contributed by atoms with E-state index in [4.69, 9.17) is 20.6 Å². The minimum atomic E-state index is -0.666. The second-order valence-corrected chi connectivity index (χ2v) is 3.40. The van der Waals surface area contributed by atoms with Crippen molar-refractivity contribution < 1.29 is 9.47 Å². The van der Waals surface area contributed by atoms with Crippen molar-refractivity contribution >= 4 is 19.9 Å². The summed E-state index contributed by atoms with van der Waals surface area (Å²) < 4.78 is 10.3. The van der Waals surface area contributed by atoms with E-state index < -0.39 is 8.83 Å². The Morgan fingerprint density at radius 3 is 2.00 bits per heavy atom. The van der Waals surface area contributed by atoms with Crippen molar-refractivity contribution in [3.8, 4) is 0 Å². The Balaban J connectivity index is 3.18. The molecule has 0 fully saturated rings. The van der Waals surface area contributed by atoms with E-state index in [2.05, 4.69) is 0 Å². The lowest BCUT2D eigenvalue weighted by molar-refractivity contribution is -0.0811. The first kappa shape index (κ1) is 9.43. The quantitative estimate of drug-likeness (QED) is 0.341. The molecule has 0 aromatic rings. The molecule has 2 nitrogen and oxygen atoms in total. The van der Waals surface area contributed by atoms with Gasteiger partial charge in [-0.25, -0.2) is 0 Å². The zero-order valence-electron chi connectivity index (χ0n) is 5.89. The summed E-state index contributed by atoms with van der Waals surface area (Å²) in [4.78, 5) is 0. The van der Waals surface area contributed by atoms with Gasteiger partial charge in [0, 0.05) is 13.2 Å². The Hall–Kier alpha value is 0.427. The van der Waals surface area contributed by atoms with Crippen LogP contribution >= 0.6 is 11.1 Å². The highest BCUT2D eigenvalue weighted by atomic mass is 35.6. The maximum Gasteiger partial charge on any atom is 0.189 e. The number of hydrogen-bond donors (Lipinski definition) is 0. The van der Waals surface area contributed by atoms with Crippen molar-refractivity contribution in [1.29, 1.82) is 0 Å². The fraction of sp³-hybridized carbons (Fsp3) is 1.00. The van der Waals surface area contributed by atoms with Gasteiger partial charge in [-0.05, 0) is 13.8 Å². The Kier molecular flexibility index (Phi) is 6.86. The Bertz CT molecular complexity index is 56.9. The van der Waals surface area contributed by atoms with Crippen molar-refractivity contribution in [1.82, 2.24) is 0 Å². The first-order chi connectivity index (χ1) is 4.35. The van der Waals surface area contributed by atoms with Gasteiger partial charge in [0.25, 0.3) is 0 Å². The Morgan fingerprint density at radius 1 is 1.33 bits per heavy atom. The van der Waals surface area contributed by atoms with Gasteiger partial charge < -0.3 is 9.47 Å². The van der Waals surface area contributed by atoms with Gasteiger partial charge in [0.05, 0.1) is 0 Å². The van der Waals surface area contributed by atoms with E-state index >= 15 is 0 Å². The lowest BCUT2D eigenvalue weighted by atomic mass is 10.9. The van der Waals surface area contributed by atoms with Crippen molar-refractivity contribution in [3.63, 3.8) is 0 Å². The first-order valence-corrected chi connectivity index (χ1v) is 6.09. The lowest BCUT2D eigenvalue weighted by Crippen LogP contribution is -2.21. The maximum absolute atomic E-state index is 5.61. The highest BCUT2D eigenvalue weighted by Gasteiger charge is 2.04. The second-order valence-electron chi connectivity index (χ2n) is 1.49. The minimum absolute atomic E-state index is 0.0818. The molecular formula is C5H13ClO2Si. The van der Waals surface area contributed by atoms with Crippen LogP contribution in [0.3, 0.4) is 0 Å². The number of ether oxygens (including phenoxy) is 2. The third kappa shape index (κ3) is 4.90. The summed E-state index contributed by atoms with van der Waals surface area (Å²) in [5.41, 5.74) is 0. The third-order valence-corrected chi connectivity index (χ3v) is 2.31. The van der Waals surface area contributed by atoms with Gasteiger partial charge in [-0.15, -0.1) is 0 Å². The molecule has 0 rings (SSSR count). The maximum atomic E-state index is 5.61. The number of halogens is 1. The molecule has 0 aromatic carbocycles. The van der Waals surface area contributed by atoms with E-state index in [0.717, 1.165) is 0 Å². The summed E-state index contributed by atoms with van der Waals surface area (Å²) in [7, 11) is -0.666. The topological polar surface area (TPSA) is 18.5 Å². The zero-order chi connectivity index (χ0) is 7.11. The zero-order valence-corrected chi connectivity index (χ0v) is 8.06. The molecule has 0 N–H and O–H groups in total. The van der Waals surface area contributed by atoms with Crippen LogP contribution in [0.5, 0.6) is 0 Å². The number of rotatable bonds is 5. The summed E-state index contributed by atoms with van der Waals surface area (Å²) in [5.74, 6) is -0.0818. The standard InChI is InChI=1S/C5H13ClO2Si/c1-3-7-5(9-6)8-4-2/h5H,3-4,9H2,1-2H3. The fourth-order valence-corrected chi connectivity index (χ4v) is 1.69. The van der Waals surface area contributed by atoms with Gasteiger partial charge in [-0.2, -0.15) is 11.1 Å². The molecule has 9 heavy (non-hydrogen) atoms. The van der Waals surface area contributed by atoms with Crippen molar-refractivity contribution in [3.05, 3.63) is 0 Å². The third-order valence-electron chi connectivity index (χ3n) is 0.831. The molecule has 0 bridgehead atoms. The summed E-state index contributed by atoms with van der Waals surface area (Å²) in [6.07, 6.45) is 0. The molecule has 0 amide bonds. The van der Waals surface area contributed by atoms with Crippen molar-refractivity contribution in [2.75, 3.05) is 13.2 Å². The second kappa shape index (κ2) is 6.55. The van der Waals surface area contributed by atoms with Crippen LogP contribution < -0.4 is 0 Å². The van der Waals surface area contributed by atoms with Crippen LogP contribution in [0, 0.1) is 0 Å². The molecule has 0 heterocycles. The molecule has 0 aliphatic carbocycles. The van der Waals surface area contributed by atoms with Gasteiger partial charge in [0.1, 0.15) is 0 Å². The lowest BCUT2D eigenvalue weighted by Gasteiger charge is -2.12. The molecule has 0 aliphatic rings. The van der Waals surface area contributed by atoms with Crippen LogP contribution in [-0.2, 0) is 9.47 Å². The van der Waals surface area contributed by atoms with Gasteiger partial charge in [0.15, 0.2) is 14.7 Å². The molecule has 0 radical (unpaired) electrons. The highest BCUT2D eigenvalue weighted by Crippen LogP contribution is 1.93. The summed E-state index contributed by atoms with van der Waals surface area (Å²) in [6.45, 7) is 5.24. The molecule has 0 aromatic heterocycles. The molecule has 56 valence electrons. The summed E-state index contributed by atoms with van der Waals surface area (Å²) in [5, 5.41) is 0. The largest absolute Gasteiger partial charge is 0.356 e. The smallest absolute Gasteiger partial charge is 0.189 e. The predicted octanol–water partition coefficient (Wildman–Crippen LogP) is 0.666. The van der Waals surface area contributed by atoms with Crippen LogP contribution in [0.1, 0.15) is 13.8 Å². The molecule has 0 saturated heterocycles. The Morgan fingerprint density at radius 2 is 1.78 bits per heavy atom. The summed E-state index contributed by atoms with van der Waals surface area (Å²) in [6, 6.07) is 0. The van der Waals surface area contributed by atoms with Crippen LogP contribution in [0.25, 0.3) is 0 Å². The average molecular weight is 169 g/mol. The Labute approximate surface area is 63.0 Å². The predicted molar refractivity (Wildman–Crippen MR) is 41.4 cm³/mol. The first-order valence-electron chi connectivity index (χ1n) is 3.14. The minimum Gasteiger partial charge on any atom is -0.356 e. The van der Waals surface area contributed by atoms with E-state index in [-0.39, 0.29) is 5.91 Å². The van der Waals surface area contributed by atoms with E-state index in [1.807, 2.05) is 13.8 Å². The SMILES string of the molecule is CCOC(OCC)[SiH2]Cl. The molecule has 0 atom stereocenters. The van der Waals surface area contributed by atoms with Gasteiger partial charge in [-0.3, -0.25) is 0 Å². The number of hydrogen-bond acceptors (Lipinski definition) is 2. The van der Waals surface area contributed by atoms with E-state index in [0.29, 0.717) is 13.2 Å².